The van der Waals surface area contributed by atoms with Crippen LogP contribution in [0.1, 0.15) is 37.7 Å². The molecule has 0 bridgehead atoms. The van der Waals surface area contributed by atoms with Crippen molar-refractivity contribution >= 4 is 28.5 Å². The monoisotopic (exact) mass is 424 g/mol. The molecule has 0 amide bonds. The van der Waals surface area contributed by atoms with Crippen molar-refractivity contribution in [1.29, 1.82) is 0 Å². The van der Waals surface area contributed by atoms with Gasteiger partial charge in [-0.05, 0) is 63.3 Å². The third-order valence-electron chi connectivity index (χ3n) is 5.86. The number of para-hydroxylation sites is 1. The molecule has 32 heavy (non-hydrogen) atoms. The first-order chi connectivity index (χ1) is 15.8. The third-order valence-corrected chi connectivity index (χ3v) is 5.86. The molecule has 2 heterocycles. The molecular formula is C26H28N6. The van der Waals surface area contributed by atoms with Crippen molar-refractivity contribution in [2.24, 2.45) is 0 Å². The van der Waals surface area contributed by atoms with E-state index in [1.807, 2.05) is 41.2 Å². The Bertz CT molecular complexity index is 1220. The summed E-state index contributed by atoms with van der Waals surface area (Å²) < 4.78 is 1.87. The quantitative estimate of drug-likeness (QED) is 0.347. The van der Waals surface area contributed by atoms with E-state index >= 15 is 0 Å². The average Bonchev–Trinajstić information content (AvgIpc) is 3.26. The van der Waals surface area contributed by atoms with Gasteiger partial charge in [0.1, 0.15) is 5.82 Å². The zero-order chi connectivity index (χ0) is 21.8. The number of fused-ring (bicyclic) bond motifs is 1. The molecule has 1 aliphatic rings. The molecule has 2 aromatic heterocycles. The second-order valence-electron chi connectivity index (χ2n) is 8.30. The largest absolute Gasteiger partial charge is 0.354 e. The maximum atomic E-state index is 4.83. The van der Waals surface area contributed by atoms with Crippen molar-refractivity contribution in [3.8, 4) is 5.69 Å². The van der Waals surface area contributed by atoms with Gasteiger partial charge in [-0.2, -0.15) is 15.1 Å². The van der Waals surface area contributed by atoms with Crippen LogP contribution in [0.2, 0.25) is 0 Å². The minimum absolute atomic E-state index is 0.612. The van der Waals surface area contributed by atoms with E-state index in [0.29, 0.717) is 5.95 Å². The lowest BCUT2D eigenvalue weighted by molar-refractivity contribution is 0.679. The highest BCUT2D eigenvalue weighted by molar-refractivity contribution is 5.90. The standard InChI is InChI=1S/C26H28N6/c1-19-12-14-21(15-13-19)29-24-23-18-28-32(22-10-6-3-7-11-22)25(23)31-26(30-24)27-17-16-20-8-4-2-5-9-20/h3,6-8,10-15,18H,2,4-5,9,16-17H2,1H3,(H2,27,29,30,31). The van der Waals surface area contributed by atoms with E-state index in [9.17, 15) is 0 Å². The molecule has 162 valence electrons. The molecule has 0 atom stereocenters. The predicted octanol–water partition coefficient (Wildman–Crippen LogP) is 6.17. The smallest absolute Gasteiger partial charge is 0.226 e. The molecule has 0 unspecified atom stereocenters. The Kier molecular flexibility index (Phi) is 5.83. The highest BCUT2D eigenvalue weighted by atomic mass is 15.3. The average molecular weight is 425 g/mol. The second kappa shape index (κ2) is 9.22. The van der Waals surface area contributed by atoms with Gasteiger partial charge in [-0.1, -0.05) is 47.5 Å². The number of benzene rings is 2. The summed E-state index contributed by atoms with van der Waals surface area (Å²) >= 11 is 0. The maximum Gasteiger partial charge on any atom is 0.226 e. The van der Waals surface area contributed by atoms with E-state index in [-0.39, 0.29) is 0 Å². The fourth-order valence-electron chi connectivity index (χ4n) is 4.08. The van der Waals surface area contributed by atoms with Crippen molar-refractivity contribution in [1.82, 2.24) is 19.7 Å². The maximum absolute atomic E-state index is 4.83. The van der Waals surface area contributed by atoms with Crippen LogP contribution in [-0.2, 0) is 0 Å². The van der Waals surface area contributed by atoms with Gasteiger partial charge in [0.05, 0.1) is 17.3 Å². The Morgan fingerprint density at radius 3 is 2.59 bits per heavy atom. The van der Waals surface area contributed by atoms with Crippen molar-refractivity contribution in [2.75, 3.05) is 17.2 Å². The molecule has 5 rings (SSSR count). The van der Waals surface area contributed by atoms with Crippen molar-refractivity contribution in [2.45, 2.75) is 39.0 Å². The van der Waals surface area contributed by atoms with E-state index in [1.165, 1.54) is 36.8 Å². The van der Waals surface area contributed by atoms with Gasteiger partial charge in [-0.15, -0.1) is 0 Å². The first kappa shape index (κ1) is 20.2. The molecule has 1 aliphatic carbocycles. The SMILES string of the molecule is Cc1ccc(Nc2nc(NCCC3=CCCCC3)nc3c2cnn3-c2ccccc2)cc1. The van der Waals surface area contributed by atoms with Crippen LogP contribution in [0.5, 0.6) is 0 Å². The third kappa shape index (κ3) is 4.49. The molecule has 6 heteroatoms. The van der Waals surface area contributed by atoms with E-state index in [4.69, 9.17) is 9.97 Å². The second-order valence-corrected chi connectivity index (χ2v) is 8.30. The minimum Gasteiger partial charge on any atom is -0.354 e. The molecular weight excluding hydrogens is 396 g/mol. The number of nitrogens with one attached hydrogen (secondary N) is 2. The molecule has 0 saturated heterocycles. The summed E-state index contributed by atoms with van der Waals surface area (Å²) in [5.41, 5.74) is 5.50. The van der Waals surface area contributed by atoms with Crippen LogP contribution in [0, 0.1) is 6.92 Å². The van der Waals surface area contributed by atoms with Crippen LogP contribution < -0.4 is 10.6 Å². The van der Waals surface area contributed by atoms with Gasteiger partial charge in [-0.3, -0.25) is 0 Å². The fourth-order valence-corrected chi connectivity index (χ4v) is 4.08. The lowest BCUT2D eigenvalue weighted by Gasteiger charge is -2.14. The van der Waals surface area contributed by atoms with Crippen molar-refractivity contribution in [3.05, 3.63) is 78.0 Å². The Labute approximate surface area is 188 Å². The Morgan fingerprint density at radius 2 is 1.81 bits per heavy atom. The molecule has 0 aliphatic heterocycles. The normalized spacial score (nSPS) is 13.7. The molecule has 2 N–H and O–H groups in total. The summed E-state index contributed by atoms with van der Waals surface area (Å²) in [4.78, 5) is 9.63. The number of aryl methyl sites for hydroxylation is 1. The predicted molar refractivity (Wildman–Crippen MR) is 131 cm³/mol. The highest BCUT2D eigenvalue weighted by Gasteiger charge is 2.15. The molecule has 0 spiro atoms. The molecule has 2 aromatic carbocycles. The van der Waals surface area contributed by atoms with Gasteiger partial charge >= 0.3 is 0 Å². The van der Waals surface area contributed by atoms with Crippen LogP contribution in [-0.4, -0.2) is 26.3 Å². The lowest BCUT2D eigenvalue weighted by Crippen LogP contribution is -2.09. The Morgan fingerprint density at radius 1 is 0.969 bits per heavy atom. The Hall–Kier alpha value is -3.67. The lowest BCUT2D eigenvalue weighted by atomic mass is 9.97. The van der Waals surface area contributed by atoms with Crippen LogP contribution in [0.3, 0.4) is 0 Å². The Balaban J connectivity index is 1.47. The van der Waals surface area contributed by atoms with E-state index < -0.39 is 0 Å². The van der Waals surface area contributed by atoms with Crippen molar-refractivity contribution < 1.29 is 0 Å². The summed E-state index contributed by atoms with van der Waals surface area (Å²) in [5.74, 6) is 1.36. The number of anilines is 3. The number of allylic oxidation sites excluding steroid dienone is 1. The summed E-state index contributed by atoms with van der Waals surface area (Å²) in [6, 6.07) is 18.4. The van der Waals surface area contributed by atoms with Gasteiger partial charge in [-0.25, -0.2) is 4.68 Å². The van der Waals surface area contributed by atoms with E-state index in [1.54, 1.807) is 0 Å². The molecule has 0 saturated carbocycles. The molecule has 6 nitrogen and oxygen atoms in total. The number of nitrogens with zero attached hydrogens (tertiary/aromatic N) is 4. The zero-order valence-electron chi connectivity index (χ0n) is 18.4. The summed E-state index contributed by atoms with van der Waals surface area (Å²) in [6.45, 7) is 2.90. The van der Waals surface area contributed by atoms with Gasteiger partial charge in [0.2, 0.25) is 5.95 Å². The van der Waals surface area contributed by atoms with Gasteiger partial charge in [0.25, 0.3) is 0 Å². The fraction of sp³-hybridized carbons (Fsp3) is 0.269. The van der Waals surface area contributed by atoms with Gasteiger partial charge < -0.3 is 10.6 Å². The molecule has 0 radical (unpaired) electrons. The topological polar surface area (TPSA) is 67.7 Å². The first-order valence-corrected chi connectivity index (χ1v) is 11.3. The summed E-state index contributed by atoms with van der Waals surface area (Å²) in [5, 5.41) is 12.4. The number of rotatable bonds is 7. The molecule has 4 aromatic rings. The minimum atomic E-state index is 0.612. The summed E-state index contributed by atoms with van der Waals surface area (Å²) in [7, 11) is 0. The van der Waals surface area contributed by atoms with Gasteiger partial charge in [0.15, 0.2) is 5.65 Å². The number of hydrogen-bond acceptors (Lipinski definition) is 5. The van der Waals surface area contributed by atoms with Crippen LogP contribution >= 0.6 is 0 Å². The summed E-state index contributed by atoms with van der Waals surface area (Å²) in [6.07, 6.45) is 10.3. The van der Waals surface area contributed by atoms with Crippen LogP contribution in [0.4, 0.5) is 17.5 Å². The highest BCUT2D eigenvalue weighted by Crippen LogP contribution is 2.27. The van der Waals surface area contributed by atoms with Crippen LogP contribution in [0.25, 0.3) is 16.7 Å². The van der Waals surface area contributed by atoms with Gasteiger partial charge in [0, 0.05) is 12.2 Å². The van der Waals surface area contributed by atoms with Crippen LogP contribution in [0.15, 0.2) is 72.4 Å². The van der Waals surface area contributed by atoms with Crippen molar-refractivity contribution in [3.63, 3.8) is 0 Å². The first-order valence-electron chi connectivity index (χ1n) is 11.3. The number of hydrogen-bond donors (Lipinski definition) is 2. The zero-order valence-corrected chi connectivity index (χ0v) is 18.4. The van der Waals surface area contributed by atoms with E-state index in [2.05, 4.69) is 53.0 Å². The number of aromatic nitrogens is 4. The van der Waals surface area contributed by atoms with E-state index in [0.717, 1.165) is 41.2 Å². The molecule has 0 fully saturated rings.